The maximum Gasteiger partial charge on any atom is 0.0502 e. The molecule has 0 aromatic heterocycles. The SMILES string of the molecule is COCCC1=CCC(C=N)C=C1. The van der Waals surface area contributed by atoms with E-state index in [4.69, 9.17) is 10.1 Å². The average molecular weight is 165 g/mol. The van der Waals surface area contributed by atoms with Crippen molar-refractivity contribution in [1.29, 1.82) is 5.41 Å². The second-order valence-corrected chi connectivity index (χ2v) is 2.95. The Kier molecular flexibility index (Phi) is 3.74. The summed E-state index contributed by atoms with van der Waals surface area (Å²) in [6.07, 6.45) is 9.81. The van der Waals surface area contributed by atoms with E-state index < -0.39 is 0 Å². The quantitative estimate of drug-likeness (QED) is 0.636. The molecule has 1 atom stereocenters. The van der Waals surface area contributed by atoms with Gasteiger partial charge in [0.25, 0.3) is 0 Å². The Morgan fingerprint density at radius 1 is 1.75 bits per heavy atom. The van der Waals surface area contributed by atoms with Crippen molar-refractivity contribution in [1.82, 2.24) is 0 Å². The van der Waals surface area contributed by atoms with Gasteiger partial charge in [-0.15, -0.1) is 0 Å². The van der Waals surface area contributed by atoms with E-state index in [1.165, 1.54) is 11.8 Å². The Labute approximate surface area is 73.4 Å². The molecule has 1 aliphatic carbocycles. The van der Waals surface area contributed by atoms with Crippen molar-refractivity contribution in [3.8, 4) is 0 Å². The van der Waals surface area contributed by atoms with Crippen LogP contribution in [0, 0.1) is 11.3 Å². The maximum atomic E-state index is 7.07. The summed E-state index contributed by atoms with van der Waals surface area (Å²) >= 11 is 0. The fourth-order valence-electron chi connectivity index (χ4n) is 1.21. The predicted molar refractivity (Wildman–Crippen MR) is 50.6 cm³/mol. The van der Waals surface area contributed by atoms with Gasteiger partial charge in [-0.2, -0.15) is 0 Å². The Morgan fingerprint density at radius 3 is 3.08 bits per heavy atom. The van der Waals surface area contributed by atoms with Crippen molar-refractivity contribution >= 4 is 6.21 Å². The molecule has 0 radical (unpaired) electrons. The summed E-state index contributed by atoms with van der Waals surface area (Å²) in [4.78, 5) is 0. The zero-order chi connectivity index (χ0) is 8.81. The molecule has 0 amide bonds. The van der Waals surface area contributed by atoms with Crippen LogP contribution in [0.5, 0.6) is 0 Å². The zero-order valence-corrected chi connectivity index (χ0v) is 7.42. The molecule has 2 nitrogen and oxygen atoms in total. The molecule has 0 spiro atoms. The number of nitrogens with one attached hydrogen (secondary N) is 1. The molecule has 1 aliphatic rings. The van der Waals surface area contributed by atoms with E-state index in [2.05, 4.69) is 18.2 Å². The minimum atomic E-state index is 0.316. The van der Waals surface area contributed by atoms with Gasteiger partial charge in [0.2, 0.25) is 0 Å². The highest BCUT2D eigenvalue weighted by atomic mass is 16.5. The van der Waals surface area contributed by atoms with Gasteiger partial charge in [0.05, 0.1) is 6.61 Å². The highest BCUT2D eigenvalue weighted by molar-refractivity contribution is 5.61. The molecule has 0 aliphatic heterocycles. The van der Waals surface area contributed by atoms with Crippen LogP contribution in [0.3, 0.4) is 0 Å². The Bertz CT molecular complexity index is 206. The minimum absolute atomic E-state index is 0.316. The molecule has 66 valence electrons. The highest BCUT2D eigenvalue weighted by Gasteiger charge is 2.04. The van der Waals surface area contributed by atoms with Crippen LogP contribution in [0.25, 0.3) is 0 Å². The van der Waals surface area contributed by atoms with Crippen molar-refractivity contribution in [3.05, 3.63) is 23.8 Å². The van der Waals surface area contributed by atoms with Crippen LogP contribution in [0.2, 0.25) is 0 Å². The van der Waals surface area contributed by atoms with Gasteiger partial charge in [-0.25, -0.2) is 0 Å². The smallest absolute Gasteiger partial charge is 0.0502 e. The molecular formula is C10H15NO. The molecule has 1 rings (SSSR count). The van der Waals surface area contributed by atoms with Gasteiger partial charge in [-0.05, 0) is 18.4 Å². The van der Waals surface area contributed by atoms with Crippen LogP contribution in [0.1, 0.15) is 12.8 Å². The second-order valence-electron chi connectivity index (χ2n) is 2.95. The van der Waals surface area contributed by atoms with Crippen LogP contribution in [0.15, 0.2) is 23.8 Å². The van der Waals surface area contributed by atoms with Crippen molar-refractivity contribution in [2.45, 2.75) is 12.8 Å². The van der Waals surface area contributed by atoms with E-state index in [-0.39, 0.29) is 0 Å². The van der Waals surface area contributed by atoms with Crippen molar-refractivity contribution < 1.29 is 4.74 Å². The number of rotatable bonds is 4. The van der Waals surface area contributed by atoms with Crippen LogP contribution in [-0.2, 0) is 4.74 Å². The third-order valence-corrected chi connectivity index (χ3v) is 2.02. The number of allylic oxidation sites excluding steroid dienone is 3. The lowest BCUT2D eigenvalue weighted by atomic mass is 9.96. The van der Waals surface area contributed by atoms with Crippen molar-refractivity contribution in [2.24, 2.45) is 5.92 Å². The first-order valence-electron chi connectivity index (χ1n) is 4.23. The number of methoxy groups -OCH3 is 1. The highest BCUT2D eigenvalue weighted by Crippen LogP contribution is 2.16. The molecule has 0 fully saturated rings. The van der Waals surface area contributed by atoms with Gasteiger partial charge in [-0.3, -0.25) is 0 Å². The van der Waals surface area contributed by atoms with E-state index in [1.807, 2.05) is 0 Å². The standard InChI is InChI=1S/C10H15NO/c1-12-7-6-9-2-4-10(8-11)5-3-9/h2-4,8,10-11H,5-7H2,1H3. The number of hydrogen-bond donors (Lipinski definition) is 1. The molecule has 0 bridgehead atoms. The average Bonchev–Trinajstić information content (AvgIpc) is 2.15. The Morgan fingerprint density at radius 2 is 2.58 bits per heavy atom. The molecule has 0 saturated carbocycles. The summed E-state index contributed by atoms with van der Waals surface area (Å²) in [5, 5.41) is 7.07. The lowest BCUT2D eigenvalue weighted by molar-refractivity contribution is 0.202. The molecule has 2 heteroatoms. The van der Waals surface area contributed by atoms with Gasteiger partial charge in [-0.1, -0.05) is 18.2 Å². The lowest BCUT2D eigenvalue weighted by Crippen LogP contribution is -2.01. The fourth-order valence-corrected chi connectivity index (χ4v) is 1.21. The monoisotopic (exact) mass is 165 g/mol. The van der Waals surface area contributed by atoms with Crippen LogP contribution >= 0.6 is 0 Å². The number of ether oxygens (including phenoxy) is 1. The molecule has 12 heavy (non-hydrogen) atoms. The number of hydrogen-bond acceptors (Lipinski definition) is 2. The predicted octanol–water partition coefficient (Wildman–Crippen LogP) is 2.17. The first kappa shape index (κ1) is 9.20. The molecule has 1 unspecified atom stereocenters. The summed E-state index contributed by atoms with van der Waals surface area (Å²) in [5.41, 5.74) is 1.33. The lowest BCUT2D eigenvalue weighted by Gasteiger charge is -2.10. The molecular weight excluding hydrogens is 150 g/mol. The van der Waals surface area contributed by atoms with E-state index in [9.17, 15) is 0 Å². The normalized spacial score (nSPS) is 22.1. The fraction of sp³-hybridized carbons (Fsp3) is 0.500. The third kappa shape index (κ3) is 2.62. The van der Waals surface area contributed by atoms with Crippen molar-refractivity contribution in [3.63, 3.8) is 0 Å². The minimum Gasteiger partial charge on any atom is -0.384 e. The summed E-state index contributed by atoms with van der Waals surface area (Å²) in [6.45, 7) is 0.783. The van der Waals surface area contributed by atoms with Gasteiger partial charge < -0.3 is 10.1 Å². The van der Waals surface area contributed by atoms with E-state index >= 15 is 0 Å². The molecule has 0 saturated heterocycles. The zero-order valence-electron chi connectivity index (χ0n) is 7.42. The van der Waals surface area contributed by atoms with E-state index in [0.717, 1.165) is 19.4 Å². The largest absolute Gasteiger partial charge is 0.384 e. The first-order valence-corrected chi connectivity index (χ1v) is 4.23. The van der Waals surface area contributed by atoms with Crippen LogP contribution in [-0.4, -0.2) is 19.9 Å². The van der Waals surface area contributed by atoms with Crippen LogP contribution in [0.4, 0.5) is 0 Å². The summed E-state index contributed by atoms with van der Waals surface area (Å²) in [6, 6.07) is 0. The Hall–Kier alpha value is -0.890. The third-order valence-electron chi connectivity index (χ3n) is 2.02. The van der Waals surface area contributed by atoms with E-state index in [0.29, 0.717) is 5.92 Å². The second kappa shape index (κ2) is 4.88. The van der Waals surface area contributed by atoms with Gasteiger partial charge in [0, 0.05) is 19.2 Å². The van der Waals surface area contributed by atoms with Crippen molar-refractivity contribution in [2.75, 3.05) is 13.7 Å². The summed E-state index contributed by atoms with van der Waals surface area (Å²) in [7, 11) is 1.72. The molecule has 1 N–H and O–H groups in total. The maximum absolute atomic E-state index is 7.07. The summed E-state index contributed by atoms with van der Waals surface area (Å²) < 4.78 is 4.98. The van der Waals surface area contributed by atoms with Crippen LogP contribution < -0.4 is 0 Å². The first-order chi connectivity index (χ1) is 5.86. The van der Waals surface area contributed by atoms with E-state index in [1.54, 1.807) is 7.11 Å². The molecule has 0 aromatic rings. The molecule has 0 aromatic carbocycles. The van der Waals surface area contributed by atoms with Gasteiger partial charge in [0.15, 0.2) is 0 Å². The summed E-state index contributed by atoms with van der Waals surface area (Å²) in [5.74, 6) is 0.316. The Balaban J connectivity index is 2.35. The van der Waals surface area contributed by atoms with Gasteiger partial charge >= 0.3 is 0 Å². The molecule has 0 heterocycles. The van der Waals surface area contributed by atoms with Gasteiger partial charge in [0.1, 0.15) is 0 Å². The topological polar surface area (TPSA) is 33.1 Å².